The molecule has 0 saturated heterocycles. The van der Waals surface area contributed by atoms with Crippen LogP contribution >= 0.6 is 0 Å². The fourth-order valence-electron chi connectivity index (χ4n) is 1.92. The van der Waals surface area contributed by atoms with Crippen LogP contribution in [0.2, 0.25) is 0 Å². The molecule has 1 N–H and O–H groups in total. The molecule has 98 valence electrons. The van der Waals surface area contributed by atoms with Gasteiger partial charge >= 0.3 is 0 Å². The molecular formula is C16H16O3. The maximum absolute atomic E-state index is 9.56. The van der Waals surface area contributed by atoms with Crippen molar-refractivity contribution in [3.8, 4) is 5.75 Å². The predicted octanol–water partition coefficient (Wildman–Crippen LogP) is 3.51. The smallest absolute Gasteiger partial charge is 0.168 e. The molecule has 0 aromatic heterocycles. The van der Waals surface area contributed by atoms with E-state index in [4.69, 9.17) is 9.47 Å². The molecule has 0 unspecified atom stereocenters. The number of methoxy groups -OCH3 is 2. The van der Waals surface area contributed by atoms with E-state index in [0.29, 0.717) is 11.5 Å². The Kier molecular flexibility index (Phi) is 4.08. The van der Waals surface area contributed by atoms with Crippen molar-refractivity contribution < 1.29 is 14.6 Å². The Morgan fingerprint density at radius 3 is 1.95 bits per heavy atom. The molecule has 0 bridgehead atoms. The number of ether oxygens (including phenoxy) is 2. The molecule has 3 heteroatoms. The minimum atomic E-state index is 0.190. The molecular weight excluding hydrogens is 240 g/mol. The first-order chi connectivity index (χ1) is 9.26. The highest BCUT2D eigenvalue weighted by Crippen LogP contribution is 2.28. The third-order valence-corrected chi connectivity index (χ3v) is 2.76. The van der Waals surface area contributed by atoms with Crippen molar-refractivity contribution in [3.63, 3.8) is 0 Å². The molecule has 0 fully saturated rings. The number of phenolic OH excluding ortho intramolecular Hbond substituents is 1. The lowest BCUT2D eigenvalue weighted by molar-refractivity contribution is 0.328. The lowest BCUT2D eigenvalue weighted by Crippen LogP contribution is -1.96. The van der Waals surface area contributed by atoms with Crippen molar-refractivity contribution in [1.29, 1.82) is 0 Å². The molecule has 2 rings (SSSR count). The number of aromatic hydroxyl groups is 1. The summed E-state index contributed by atoms with van der Waals surface area (Å²) in [5, 5.41) is 9.56. The topological polar surface area (TPSA) is 38.7 Å². The summed E-state index contributed by atoms with van der Waals surface area (Å²) in [4.78, 5) is 0. The Morgan fingerprint density at radius 2 is 1.37 bits per heavy atom. The van der Waals surface area contributed by atoms with E-state index in [-0.39, 0.29) is 5.75 Å². The average molecular weight is 256 g/mol. The number of hydrogen-bond acceptors (Lipinski definition) is 3. The molecule has 0 spiro atoms. The van der Waals surface area contributed by atoms with E-state index in [1.807, 2.05) is 36.4 Å². The van der Waals surface area contributed by atoms with E-state index in [1.54, 1.807) is 32.4 Å². The lowest BCUT2D eigenvalue weighted by Gasteiger charge is -2.14. The maximum atomic E-state index is 9.56. The standard InChI is InChI=1S/C16H16O3/c1-18-15(12-7-4-3-5-8-12)16(19-2)13-9-6-10-14(17)11-13/h3-11,17H,1-2H3. The third kappa shape index (κ3) is 2.88. The predicted molar refractivity (Wildman–Crippen MR) is 75.4 cm³/mol. The monoisotopic (exact) mass is 256 g/mol. The van der Waals surface area contributed by atoms with Gasteiger partial charge in [0.1, 0.15) is 5.75 Å². The van der Waals surface area contributed by atoms with Crippen LogP contribution in [0.25, 0.3) is 11.5 Å². The summed E-state index contributed by atoms with van der Waals surface area (Å²) < 4.78 is 10.9. The fraction of sp³-hybridized carbons (Fsp3) is 0.125. The van der Waals surface area contributed by atoms with Gasteiger partial charge in [-0.2, -0.15) is 0 Å². The summed E-state index contributed by atoms with van der Waals surface area (Å²) >= 11 is 0. The van der Waals surface area contributed by atoms with Crippen molar-refractivity contribution in [2.24, 2.45) is 0 Å². The van der Waals surface area contributed by atoms with Gasteiger partial charge in [0, 0.05) is 11.1 Å². The maximum Gasteiger partial charge on any atom is 0.168 e. The minimum Gasteiger partial charge on any atom is -0.508 e. The summed E-state index contributed by atoms with van der Waals surface area (Å²) in [5.41, 5.74) is 1.69. The molecule has 0 aliphatic rings. The fourth-order valence-corrected chi connectivity index (χ4v) is 1.92. The Hall–Kier alpha value is -2.42. The molecule has 0 radical (unpaired) electrons. The first-order valence-electron chi connectivity index (χ1n) is 5.93. The minimum absolute atomic E-state index is 0.190. The first-order valence-corrected chi connectivity index (χ1v) is 5.93. The zero-order chi connectivity index (χ0) is 13.7. The van der Waals surface area contributed by atoms with Crippen LogP contribution < -0.4 is 0 Å². The Bertz CT molecular complexity index is 574. The third-order valence-electron chi connectivity index (χ3n) is 2.76. The van der Waals surface area contributed by atoms with Gasteiger partial charge in [0.05, 0.1) is 14.2 Å². The van der Waals surface area contributed by atoms with Crippen LogP contribution in [0.4, 0.5) is 0 Å². The van der Waals surface area contributed by atoms with Gasteiger partial charge in [-0.25, -0.2) is 0 Å². The van der Waals surface area contributed by atoms with Crippen molar-refractivity contribution >= 4 is 11.5 Å². The zero-order valence-electron chi connectivity index (χ0n) is 11.0. The van der Waals surface area contributed by atoms with E-state index in [9.17, 15) is 5.11 Å². The number of phenols is 1. The van der Waals surface area contributed by atoms with Gasteiger partial charge in [0.2, 0.25) is 0 Å². The molecule has 3 nitrogen and oxygen atoms in total. The number of rotatable bonds is 4. The van der Waals surface area contributed by atoms with Gasteiger partial charge in [0.25, 0.3) is 0 Å². The quantitative estimate of drug-likeness (QED) is 0.672. The summed E-state index contributed by atoms with van der Waals surface area (Å²) in [6.45, 7) is 0. The second-order valence-electron chi connectivity index (χ2n) is 3.98. The van der Waals surface area contributed by atoms with E-state index in [0.717, 1.165) is 11.1 Å². The highest BCUT2D eigenvalue weighted by Gasteiger charge is 2.13. The molecule has 0 amide bonds. The van der Waals surface area contributed by atoms with Crippen molar-refractivity contribution in [2.45, 2.75) is 0 Å². The second kappa shape index (κ2) is 5.96. The second-order valence-corrected chi connectivity index (χ2v) is 3.98. The largest absolute Gasteiger partial charge is 0.508 e. The van der Waals surface area contributed by atoms with Gasteiger partial charge < -0.3 is 14.6 Å². The molecule has 0 saturated carbocycles. The van der Waals surface area contributed by atoms with Crippen molar-refractivity contribution in [3.05, 3.63) is 65.7 Å². The molecule has 0 heterocycles. The zero-order valence-corrected chi connectivity index (χ0v) is 11.0. The Morgan fingerprint density at radius 1 is 0.789 bits per heavy atom. The van der Waals surface area contributed by atoms with Gasteiger partial charge in [-0.1, -0.05) is 42.5 Å². The van der Waals surface area contributed by atoms with Crippen LogP contribution in [-0.2, 0) is 9.47 Å². The molecule has 19 heavy (non-hydrogen) atoms. The van der Waals surface area contributed by atoms with Gasteiger partial charge in [-0.05, 0) is 12.1 Å². The summed E-state index contributed by atoms with van der Waals surface area (Å²) in [6.07, 6.45) is 0. The van der Waals surface area contributed by atoms with Crippen molar-refractivity contribution in [1.82, 2.24) is 0 Å². The summed E-state index contributed by atoms with van der Waals surface area (Å²) in [5.74, 6) is 1.41. The van der Waals surface area contributed by atoms with Crippen LogP contribution in [0, 0.1) is 0 Å². The number of benzene rings is 2. The summed E-state index contributed by atoms with van der Waals surface area (Å²) in [6, 6.07) is 16.6. The molecule has 0 atom stereocenters. The lowest BCUT2D eigenvalue weighted by atomic mass is 10.1. The van der Waals surface area contributed by atoms with Gasteiger partial charge in [0.15, 0.2) is 11.5 Å². The molecule has 0 aliphatic heterocycles. The van der Waals surface area contributed by atoms with E-state index < -0.39 is 0 Å². The van der Waals surface area contributed by atoms with Crippen LogP contribution in [0.3, 0.4) is 0 Å². The van der Waals surface area contributed by atoms with Crippen LogP contribution in [0.5, 0.6) is 5.75 Å². The SMILES string of the molecule is COC(=C(OC)c1cccc(O)c1)c1ccccc1. The Labute approximate surface area is 112 Å². The van der Waals surface area contributed by atoms with Gasteiger partial charge in [-0.15, -0.1) is 0 Å². The van der Waals surface area contributed by atoms with Crippen LogP contribution in [-0.4, -0.2) is 19.3 Å². The average Bonchev–Trinajstić information content (AvgIpc) is 2.45. The Balaban J connectivity index is 2.56. The normalized spacial score (nSPS) is 11.7. The van der Waals surface area contributed by atoms with Crippen LogP contribution in [0.15, 0.2) is 54.6 Å². The van der Waals surface area contributed by atoms with Gasteiger partial charge in [-0.3, -0.25) is 0 Å². The van der Waals surface area contributed by atoms with E-state index in [1.165, 1.54) is 0 Å². The molecule has 2 aromatic rings. The van der Waals surface area contributed by atoms with Crippen LogP contribution in [0.1, 0.15) is 11.1 Å². The highest BCUT2D eigenvalue weighted by atomic mass is 16.5. The molecule has 0 aliphatic carbocycles. The first kappa shape index (κ1) is 13.0. The highest BCUT2D eigenvalue weighted by molar-refractivity contribution is 5.84. The summed E-state index contributed by atoms with van der Waals surface area (Å²) in [7, 11) is 3.19. The number of hydrogen-bond donors (Lipinski definition) is 1. The van der Waals surface area contributed by atoms with E-state index >= 15 is 0 Å². The van der Waals surface area contributed by atoms with E-state index in [2.05, 4.69) is 0 Å². The van der Waals surface area contributed by atoms with Crippen molar-refractivity contribution in [2.75, 3.05) is 14.2 Å². The molecule has 2 aromatic carbocycles.